The Balaban J connectivity index is 0.806. The Morgan fingerprint density at radius 1 is 0.852 bits per heavy atom. The summed E-state index contributed by atoms with van der Waals surface area (Å²) >= 11 is 0. The molecule has 12 nitrogen and oxygen atoms in total. The molecule has 2 N–H and O–H groups in total. The summed E-state index contributed by atoms with van der Waals surface area (Å²) in [6, 6.07) is 19.7. The van der Waals surface area contributed by atoms with E-state index in [4.69, 9.17) is 0 Å². The Bertz CT molecular complexity index is 2030. The molecule has 3 fully saturated rings. The molecule has 3 aromatic carbocycles. The number of nitriles is 1. The summed E-state index contributed by atoms with van der Waals surface area (Å²) in [7, 11) is 2.11. The number of aryl methyl sites for hydroxylation is 1. The van der Waals surface area contributed by atoms with Gasteiger partial charge in [-0.3, -0.25) is 39.1 Å². The van der Waals surface area contributed by atoms with Gasteiger partial charge in [-0.1, -0.05) is 0 Å². The second-order valence-corrected chi connectivity index (χ2v) is 15.5. The first kappa shape index (κ1) is 35.5. The third kappa shape index (κ3) is 6.62. The Morgan fingerprint density at radius 3 is 2.09 bits per heavy atom. The molecule has 4 aliphatic heterocycles. The van der Waals surface area contributed by atoms with Crippen LogP contribution in [0.15, 0.2) is 54.6 Å². The fourth-order valence-corrected chi connectivity index (χ4v) is 9.05. The second-order valence-electron chi connectivity index (χ2n) is 15.5. The number of fused-ring (bicyclic) bond motifs is 2. The van der Waals surface area contributed by atoms with Gasteiger partial charge in [0.2, 0.25) is 11.8 Å². The zero-order chi connectivity index (χ0) is 37.7. The molecule has 0 unspecified atom stereocenters. The molecule has 0 aromatic heterocycles. The van der Waals surface area contributed by atoms with Crippen molar-refractivity contribution in [2.75, 3.05) is 29.9 Å². The summed E-state index contributed by atoms with van der Waals surface area (Å²) in [5, 5.41) is 14.8. The van der Waals surface area contributed by atoms with E-state index in [1.807, 2.05) is 55.5 Å². The molecule has 0 bridgehead atoms. The smallest absolute Gasteiger partial charge is 0.262 e. The van der Waals surface area contributed by atoms with Crippen molar-refractivity contribution >= 4 is 40.9 Å². The highest BCUT2D eigenvalue weighted by Crippen LogP contribution is 2.36. The number of carbonyl (C=O) groups is 5. The van der Waals surface area contributed by atoms with Gasteiger partial charge in [0, 0.05) is 74.7 Å². The SMILES string of the molecule is Cc1cc(N(C)C2CCC(NC(=O)c3ccc(N4CCC(N5Cc6cc7c(cc6C5)C(=O)N([C@@H]5CCC(=O)NC5=O)C7=O)CC4)cc3)CC2)ccc1C#N. The molecule has 2 saturated heterocycles. The van der Waals surface area contributed by atoms with E-state index in [0.717, 1.165) is 84.6 Å². The van der Waals surface area contributed by atoms with Crippen LogP contribution in [0.3, 0.4) is 0 Å². The average molecular weight is 728 g/mol. The quantitative estimate of drug-likeness (QED) is 0.338. The lowest BCUT2D eigenvalue weighted by molar-refractivity contribution is -0.136. The molecule has 12 heteroatoms. The van der Waals surface area contributed by atoms with E-state index in [2.05, 4.69) is 44.5 Å². The fourth-order valence-electron chi connectivity index (χ4n) is 9.05. The second kappa shape index (κ2) is 14.4. The van der Waals surface area contributed by atoms with E-state index in [1.165, 1.54) is 0 Å². The van der Waals surface area contributed by atoms with E-state index in [1.54, 1.807) is 0 Å². The first-order valence-electron chi connectivity index (χ1n) is 19.1. The Hall–Kier alpha value is -5.54. The molecule has 0 radical (unpaired) electrons. The topological polar surface area (TPSA) is 146 Å². The third-order valence-corrected chi connectivity index (χ3v) is 12.3. The molecule has 5 amide bonds. The molecule has 1 saturated carbocycles. The summed E-state index contributed by atoms with van der Waals surface area (Å²) in [6.07, 6.45) is 6.02. The summed E-state index contributed by atoms with van der Waals surface area (Å²) in [6.45, 7) is 5.14. The molecule has 1 aliphatic carbocycles. The van der Waals surface area contributed by atoms with E-state index in [-0.39, 0.29) is 30.7 Å². The maximum Gasteiger partial charge on any atom is 0.262 e. The van der Waals surface area contributed by atoms with Gasteiger partial charge in [-0.2, -0.15) is 5.26 Å². The van der Waals surface area contributed by atoms with Crippen molar-refractivity contribution in [2.24, 2.45) is 0 Å². The summed E-state index contributed by atoms with van der Waals surface area (Å²) in [4.78, 5) is 72.0. The van der Waals surface area contributed by atoms with Crippen molar-refractivity contribution < 1.29 is 24.0 Å². The van der Waals surface area contributed by atoms with E-state index in [0.29, 0.717) is 47.4 Å². The largest absolute Gasteiger partial charge is 0.372 e. The molecule has 4 heterocycles. The standard InChI is InChI=1S/C42H45N7O5/c1-25-19-34(10-5-27(25)22-43)46(2)31-11-6-30(7-12-31)44-39(51)26-3-8-32(9-4-26)47-17-15-33(16-18-47)48-23-28-20-35-36(21-29(28)24-48)42(54)49(41(35)53)37-13-14-38(50)45-40(37)52/h3-5,8-10,19-21,30-31,33,37H,6-7,11-18,23-24H2,1-2H3,(H,44,51)(H,45,50,52)/t30?,31?,37-/m1/s1. The number of rotatable bonds is 7. The summed E-state index contributed by atoms with van der Waals surface area (Å²) < 4.78 is 0. The number of amides is 5. The highest BCUT2D eigenvalue weighted by molar-refractivity contribution is 6.23. The number of hydrogen-bond donors (Lipinski definition) is 2. The average Bonchev–Trinajstić information content (AvgIpc) is 3.71. The van der Waals surface area contributed by atoms with Crippen molar-refractivity contribution in [3.05, 3.63) is 93.5 Å². The first-order chi connectivity index (χ1) is 26.1. The van der Waals surface area contributed by atoms with Crippen LogP contribution in [0.25, 0.3) is 0 Å². The lowest BCUT2D eigenvalue weighted by atomic mass is 9.89. The van der Waals surface area contributed by atoms with E-state index >= 15 is 0 Å². The maximum absolute atomic E-state index is 13.3. The summed E-state index contributed by atoms with van der Waals surface area (Å²) in [5.74, 6) is -1.96. The molecule has 278 valence electrons. The predicted octanol–water partition coefficient (Wildman–Crippen LogP) is 4.43. The van der Waals surface area contributed by atoms with Crippen molar-refractivity contribution in [2.45, 2.75) is 95.5 Å². The molecular formula is C42H45N7O5. The minimum atomic E-state index is -0.962. The van der Waals surface area contributed by atoms with Crippen molar-refractivity contribution in [3.8, 4) is 6.07 Å². The van der Waals surface area contributed by atoms with E-state index < -0.39 is 23.8 Å². The summed E-state index contributed by atoms with van der Waals surface area (Å²) in [5.41, 5.74) is 7.33. The number of hydrogen-bond acceptors (Lipinski definition) is 9. The lowest BCUT2D eigenvalue weighted by Crippen LogP contribution is -2.54. The number of anilines is 2. The number of nitrogens with one attached hydrogen (secondary N) is 2. The van der Waals surface area contributed by atoms with Crippen LogP contribution in [0, 0.1) is 18.3 Å². The molecule has 54 heavy (non-hydrogen) atoms. The number of piperidine rings is 2. The number of carbonyl (C=O) groups excluding carboxylic acids is 5. The van der Waals surface area contributed by atoms with Crippen LogP contribution in [0.4, 0.5) is 11.4 Å². The minimum Gasteiger partial charge on any atom is -0.372 e. The normalized spacial score (nSPS) is 23.2. The first-order valence-corrected chi connectivity index (χ1v) is 19.1. The van der Waals surface area contributed by atoms with Gasteiger partial charge < -0.3 is 15.1 Å². The zero-order valence-corrected chi connectivity index (χ0v) is 30.8. The fraction of sp³-hybridized carbons (Fsp3) is 0.429. The number of imide groups is 2. The highest BCUT2D eigenvalue weighted by atomic mass is 16.2. The predicted molar refractivity (Wildman–Crippen MR) is 202 cm³/mol. The monoisotopic (exact) mass is 727 g/mol. The maximum atomic E-state index is 13.3. The van der Waals surface area contributed by atoms with Gasteiger partial charge in [0.1, 0.15) is 6.04 Å². The highest BCUT2D eigenvalue weighted by Gasteiger charge is 2.45. The molecule has 3 aromatic rings. The van der Waals surface area contributed by atoms with Crippen LogP contribution < -0.4 is 20.4 Å². The molecular weight excluding hydrogens is 683 g/mol. The van der Waals surface area contributed by atoms with Gasteiger partial charge in [0.05, 0.1) is 22.8 Å². The van der Waals surface area contributed by atoms with Gasteiger partial charge in [0.25, 0.3) is 17.7 Å². The Kier molecular flexibility index (Phi) is 9.44. The van der Waals surface area contributed by atoms with Crippen LogP contribution in [0.2, 0.25) is 0 Å². The molecule has 8 rings (SSSR count). The Morgan fingerprint density at radius 2 is 1.50 bits per heavy atom. The van der Waals surface area contributed by atoms with Gasteiger partial charge in [-0.05, 0) is 123 Å². The Labute approximate surface area is 315 Å². The van der Waals surface area contributed by atoms with Gasteiger partial charge >= 0.3 is 0 Å². The zero-order valence-electron chi connectivity index (χ0n) is 30.8. The van der Waals surface area contributed by atoms with Gasteiger partial charge in [-0.15, -0.1) is 0 Å². The minimum absolute atomic E-state index is 0.0357. The molecule has 0 spiro atoms. The van der Waals surface area contributed by atoms with Crippen molar-refractivity contribution in [1.82, 2.24) is 20.4 Å². The molecule has 5 aliphatic rings. The van der Waals surface area contributed by atoms with Crippen LogP contribution in [-0.2, 0) is 22.7 Å². The number of benzene rings is 3. The van der Waals surface area contributed by atoms with Crippen LogP contribution in [0.1, 0.15) is 105 Å². The molecule has 1 atom stereocenters. The third-order valence-electron chi connectivity index (χ3n) is 12.3. The van der Waals surface area contributed by atoms with Crippen molar-refractivity contribution in [1.29, 1.82) is 5.26 Å². The van der Waals surface area contributed by atoms with Gasteiger partial charge in [-0.25, -0.2) is 0 Å². The number of nitrogens with zero attached hydrogens (tertiary/aromatic N) is 5. The lowest BCUT2D eigenvalue weighted by Gasteiger charge is -2.38. The van der Waals surface area contributed by atoms with Crippen molar-refractivity contribution in [3.63, 3.8) is 0 Å². The van der Waals surface area contributed by atoms with Gasteiger partial charge in [0.15, 0.2) is 0 Å². The van der Waals surface area contributed by atoms with Crippen LogP contribution in [0.5, 0.6) is 0 Å². The van der Waals surface area contributed by atoms with Crippen LogP contribution in [-0.4, -0.2) is 83.6 Å². The van der Waals surface area contributed by atoms with E-state index in [9.17, 15) is 29.2 Å². The van der Waals surface area contributed by atoms with Crippen LogP contribution >= 0.6 is 0 Å².